The molecule has 0 saturated heterocycles. The van der Waals surface area contributed by atoms with Gasteiger partial charge in [0.2, 0.25) is 5.91 Å². The van der Waals surface area contributed by atoms with Gasteiger partial charge in [-0.15, -0.1) is 0 Å². The maximum absolute atomic E-state index is 12.2. The Labute approximate surface area is 124 Å². The summed E-state index contributed by atoms with van der Waals surface area (Å²) in [6, 6.07) is 0.301. The number of hydrogen-bond acceptors (Lipinski definition) is 3. The van der Waals surface area contributed by atoms with Gasteiger partial charge in [0, 0.05) is 18.1 Å². The molecule has 0 bridgehead atoms. The van der Waals surface area contributed by atoms with Crippen molar-refractivity contribution in [2.75, 3.05) is 20.1 Å². The van der Waals surface area contributed by atoms with Gasteiger partial charge in [-0.3, -0.25) is 9.69 Å². The van der Waals surface area contributed by atoms with Gasteiger partial charge in [0.1, 0.15) is 0 Å². The van der Waals surface area contributed by atoms with Crippen LogP contribution in [0.5, 0.6) is 0 Å². The van der Waals surface area contributed by atoms with Crippen molar-refractivity contribution in [2.24, 2.45) is 11.7 Å². The predicted octanol–water partition coefficient (Wildman–Crippen LogP) is 2.13. The number of amides is 1. The lowest BCUT2D eigenvalue weighted by Crippen LogP contribution is -2.57. The van der Waals surface area contributed by atoms with Crippen LogP contribution in [-0.4, -0.2) is 42.5 Å². The van der Waals surface area contributed by atoms with Gasteiger partial charge in [-0.05, 0) is 38.6 Å². The van der Waals surface area contributed by atoms with Crippen LogP contribution in [0.1, 0.15) is 59.3 Å². The molecule has 1 amide bonds. The van der Waals surface area contributed by atoms with E-state index in [1.165, 1.54) is 12.8 Å². The molecule has 2 unspecified atom stereocenters. The SMILES string of the molecule is CCC(CC)NC(=O)CN(C)C1(CN)CCCC(C)C1. The summed E-state index contributed by atoms with van der Waals surface area (Å²) < 4.78 is 0. The van der Waals surface area contributed by atoms with Gasteiger partial charge in [0.15, 0.2) is 0 Å². The van der Waals surface area contributed by atoms with E-state index in [9.17, 15) is 4.79 Å². The van der Waals surface area contributed by atoms with E-state index in [0.29, 0.717) is 25.0 Å². The smallest absolute Gasteiger partial charge is 0.234 e. The van der Waals surface area contributed by atoms with Crippen molar-refractivity contribution in [3.63, 3.8) is 0 Å². The molecule has 1 fully saturated rings. The average Bonchev–Trinajstić information content (AvgIpc) is 2.44. The minimum absolute atomic E-state index is 0.0168. The number of nitrogens with two attached hydrogens (primary N) is 1. The van der Waals surface area contributed by atoms with Crippen molar-refractivity contribution in [3.8, 4) is 0 Å². The fourth-order valence-electron chi connectivity index (χ4n) is 3.47. The van der Waals surface area contributed by atoms with Crippen LogP contribution < -0.4 is 11.1 Å². The number of carbonyl (C=O) groups excluding carboxylic acids is 1. The van der Waals surface area contributed by atoms with Gasteiger partial charge < -0.3 is 11.1 Å². The first-order valence-electron chi connectivity index (χ1n) is 8.18. The molecule has 1 aliphatic rings. The molecule has 1 saturated carbocycles. The summed E-state index contributed by atoms with van der Waals surface area (Å²) in [4.78, 5) is 14.4. The lowest BCUT2D eigenvalue weighted by atomic mass is 9.75. The van der Waals surface area contributed by atoms with Crippen LogP contribution >= 0.6 is 0 Å². The number of nitrogens with zero attached hydrogens (tertiary/aromatic N) is 1. The molecular weight excluding hydrogens is 250 g/mol. The highest BCUT2D eigenvalue weighted by molar-refractivity contribution is 5.78. The summed E-state index contributed by atoms with van der Waals surface area (Å²) in [5, 5.41) is 3.12. The maximum atomic E-state index is 12.2. The number of carbonyl (C=O) groups is 1. The molecule has 2 atom stereocenters. The summed E-state index contributed by atoms with van der Waals surface area (Å²) in [5.74, 6) is 0.837. The molecule has 118 valence electrons. The third-order valence-electron chi connectivity index (χ3n) is 4.99. The second-order valence-electron chi connectivity index (χ2n) is 6.57. The van der Waals surface area contributed by atoms with Crippen LogP contribution in [0.4, 0.5) is 0 Å². The molecule has 4 nitrogen and oxygen atoms in total. The minimum atomic E-state index is 0.0168. The molecule has 0 radical (unpaired) electrons. The molecule has 0 heterocycles. The Hall–Kier alpha value is -0.610. The van der Waals surface area contributed by atoms with Gasteiger partial charge in [-0.25, -0.2) is 0 Å². The first-order valence-corrected chi connectivity index (χ1v) is 8.18. The van der Waals surface area contributed by atoms with Crippen molar-refractivity contribution in [3.05, 3.63) is 0 Å². The third-order valence-corrected chi connectivity index (χ3v) is 4.99. The second kappa shape index (κ2) is 7.99. The van der Waals surface area contributed by atoms with Crippen LogP contribution in [0.2, 0.25) is 0 Å². The van der Waals surface area contributed by atoms with Crippen LogP contribution in [0.25, 0.3) is 0 Å². The quantitative estimate of drug-likeness (QED) is 0.752. The van der Waals surface area contributed by atoms with E-state index < -0.39 is 0 Å². The lowest BCUT2D eigenvalue weighted by Gasteiger charge is -2.46. The molecule has 0 spiro atoms. The molecule has 0 aromatic rings. The van der Waals surface area contributed by atoms with Gasteiger partial charge in [-0.1, -0.05) is 33.6 Å². The summed E-state index contributed by atoms with van der Waals surface area (Å²) in [6.07, 6.45) is 6.71. The van der Waals surface area contributed by atoms with Crippen molar-refractivity contribution >= 4 is 5.91 Å². The molecule has 20 heavy (non-hydrogen) atoms. The molecule has 0 aromatic heterocycles. The van der Waals surface area contributed by atoms with Crippen LogP contribution in [0.15, 0.2) is 0 Å². The number of likely N-dealkylation sites (N-methyl/N-ethyl adjacent to an activating group) is 1. The standard InChI is InChI=1S/C16H33N3O/c1-5-14(6-2)18-15(20)11-19(4)16(12-17)9-7-8-13(3)10-16/h13-14H,5-12,17H2,1-4H3,(H,18,20). The molecule has 0 aromatic carbocycles. The van der Waals surface area contributed by atoms with Crippen LogP contribution in [0, 0.1) is 5.92 Å². The Morgan fingerprint density at radius 2 is 2.10 bits per heavy atom. The van der Waals surface area contributed by atoms with E-state index >= 15 is 0 Å². The second-order valence-corrected chi connectivity index (χ2v) is 6.57. The van der Waals surface area contributed by atoms with Gasteiger partial charge in [0.25, 0.3) is 0 Å². The third kappa shape index (κ3) is 4.45. The van der Waals surface area contributed by atoms with E-state index in [-0.39, 0.29) is 11.4 Å². The van der Waals surface area contributed by atoms with Crippen molar-refractivity contribution in [2.45, 2.75) is 70.9 Å². The van der Waals surface area contributed by atoms with Gasteiger partial charge in [-0.2, -0.15) is 0 Å². The van der Waals surface area contributed by atoms with Crippen molar-refractivity contribution < 1.29 is 4.79 Å². The Morgan fingerprint density at radius 1 is 1.45 bits per heavy atom. The highest BCUT2D eigenvalue weighted by Gasteiger charge is 2.37. The molecule has 3 N–H and O–H groups in total. The molecule has 4 heteroatoms. The van der Waals surface area contributed by atoms with Crippen LogP contribution in [-0.2, 0) is 4.79 Å². The summed E-state index contributed by atoms with van der Waals surface area (Å²) in [7, 11) is 2.05. The summed E-state index contributed by atoms with van der Waals surface area (Å²) >= 11 is 0. The molecular formula is C16H33N3O. The fourth-order valence-corrected chi connectivity index (χ4v) is 3.47. The Balaban J connectivity index is 2.58. The Kier molecular flexibility index (Phi) is 6.96. The molecule has 1 aliphatic carbocycles. The fraction of sp³-hybridized carbons (Fsp3) is 0.938. The summed E-state index contributed by atoms with van der Waals surface area (Å²) in [5.41, 5.74) is 6.07. The Morgan fingerprint density at radius 3 is 2.60 bits per heavy atom. The zero-order valence-corrected chi connectivity index (χ0v) is 13.7. The number of rotatable bonds is 7. The minimum Gasteiger partial charge on any atom is -0.352 e. The Bertz CT molecular complexity index is 304. The average molecular weight is 283 g/mol. The van der Waals surface area contributed by atoms with Crippen LogP contribution in [0.3, 0.4) is 0 Å². The highest BCUT2D eigenvalue weighted by Crippen LogP contribution is 2.35. The maximum Gasteiger partial charge on any atom is 0.234 e. The van der Waals surface area contributed by atoms with E-state index in [1.54, 1.807) is 0 Å². The predicted molar refractivity (Wildman–Crippen MR) is 84.6 cm³/mol. The normalized spacial score (nSPS) is 27.1. The van der Waals surface area contributed by atoms with Crippen molar-refractivity contribution in [1.82, 2.24) is 10.2 Å². The first-order chi connectivity index (χ1) is 9.47. The monoisotopic (exact) mass is 283 g/mol. The zero-order chi connectivity index (χ0) is 15.2. The van der Waals surface area contributed by atoms with E-state index in [2.05, 4.69) is 38.0 Å². The van der Waals surface area contributed by atoms with Gasteiger partial charge >= 0.3 is 0 Å². The topological polar surface area (TPSA) is 58.4 Å². The van der Waals surface area contributed by atoms with E-state index in [1.807, 2.05) is 0 Å². The van der Waals surface area contributed by atoms with Crippen molar-refractivity contribution in [1.29, 1.82) is 0 Å². The summed E-state index contributed by atoms with van der Waals surface area (Å²) in [6.45, 7) is 7.62. The number of hydrogen-bond donors (Lipinski definition) is 2. The molecule has 0 aliphatic heterocycles. The largest absolute Gasteiger partial charge is 0.352 e. The number of nitrogens with one attached hydrogen (secondary N) is 1. The first kappa shape index (κ1) is 17.4. The zero-order valence-electron chi connectivity index (χ0n) is 13.7. The van der Waals surface area contributed by atoms with Gasteiger partial charge in [0.05, 0.1) is 6.54 Å². The highest BCUT2D eigenvalue weighted by atomic mass is 16.2. The van der Waals surface area contributed by atoms with E-state index in [4.69, 9.17) is 5.73 Å². The molecule has 1 rings (SSSR count). The van der Waals surface area contributed by atoms with E-state index in [0.717, 1.165) is 25.7 Å². The lowest BCUT2D eigenvalue weighted by molar-refractivity contribution is -0.124.